The molecule has 0 bridgehead atoms. The van der Waals surface area contributed by atoms with Gasteiger partial charge in [-0.05, 0) is 11.8 Å². The van der Waals surface area contributed by atoms with E-state index < -0.39 is 5.51 Å². The first-order chi connectivity index (χ1) is 7.49. The second-order valence-corrected chi connectivity index (χ2v) is 4.41. The van der Waals surface area contributed by atoms with Gasteiger partial charge in [-0.15, -0.1) is 0 Å². The molecule has 0 fully saturated rings. The van der Waals surface area contributed by atoms with E-state index in [-0.39, 0.29) is 17.5 Å². The molecule has 0 aliphatic carbocycles. The van der Waals surface area contributed by atoms with Crippen LogP contribution >= 0.6 is 11.8 Å². The predicted molar refractivity (Wildman–Crippen MR) is 58.3 cm³/mol. The Labute approximate surface area is 96.4 Å². The molecule has 0 saturated heterocycles. The van der Waals surface area contributed by atoms with E-state index in [1.807, 2.05) is 17.8 Å². The molecule has 0 radical (unpaired) electrons. The number of halogens is 3. The van der Waals surface area contributed by atoms with Gasteiger partial charge in [0.2, 0.25) is 0 Å². The van der Waals surface area contributed by atoms with Crippen LogP contribution in [0.1, 0.15) is 5.82 Å². The largest absolute Gasteiger partial charge is 0.441 e. The van der Waals surface area contributed by atoms with E-state index in [1.165, 1.54) is 0 Å². The molecule has 1 aromatic heterocycles. The number of aromatic nitrogens is 2. The molecule has 1 rings (SSSR count). The average Bonchev–Trinajstić information content (AvgIpc) is 2.56. The summed E-state index contributed by atoms with van der Waals surface area (Å²) in [7, 11) is 1.89. The Bertz CT molecular complexity index is 311. The molecule has 0 aliphatic rings. The summed E-state index contributed by atoms with van der Waals surface area (Å²) in [4.78, 5) is 4.11. The molecular formula is C9H14F3N3S. The third-order valence-corrected chi connectivity index (χ3v) is 2.73. The van der Waals surface area contributed by atoms with Crippen molar-refractivity contribution in [2.75, 3.05) is 18.8 Å². The van der Waals surface area contributed by atoms with E-state index in [2.05, 4.69) is 10.3 Å². The molecule has 3 nitrogen and oxygen atoms in total. The van der Waals surface area contributed by atoms with Crippen LogP contribution in [0.5, 0.6) is 0 Å². The molecule has 7 heteroatoms. The normalized spacial score (nSPS) is 12.0. The SMILES string of the molecule is Cn1ccnc1CCNCCSC(F)(F)F. The lowest BCUT2D eigenvalue weighted by Crippen LogP contribution is -2.22. The Morgan fingerprint density at radius 1 is 1.44 bits per heavy atom. The van der Waals surface area contributed by atoms with Crippen molar-refractivity contribution in [2.45, 2.75) is 11.9 Å². The molecule has 0 amide bonds. The van der Waals surface area contributed by atoms with Gasteiger partial charge < -0.3 is 9.88 Å². The van der Waals surface area contributed by atoms with Crippen LogP contribution in [0.4, 0.5) is 13.2 Å². The highest BCUT2D eigenvalue weighted by Crippen LogP contribution is 2.29. The maximum atomic E-state index is 11.8. The summed E-state index contributed by atoms with van der Waals surface area (Å²) >= 11 is 0.00130. The van der Waals surface area contributed by atoms with Gasteiger partial charge in [-0.2, -0.15) is 13.2 Å². The highest BCUT2D eigenvalue weighted by atomic mass is 32.2. The zero-order valence-electron chi connectivity index (χ0n) is 8.92. The second kappa shape index (κ2) is 6.15. The first-order valence-corrected chi connectivity index (χ1v) is 5.85. The summed E-state index contributed by atoms with van der Waals surface area (Å²) in [6.45, 7) is 0.998. The summed E-state index contributed by atoms with van der Waals surface area (Å²) in [6, 6.07) is 0. The Hall–Kier alpha value is -0.690. The van der Waals surface area contributed by atoms with Gasteiger partial charge in [0.15, 0.2) is 0 Å². The molecule has 0 saturated carbocycles. The molecule has 0 aromatic carbocycles. The average molecular weight is 253 g/mol. The van der Waals surface area contributed by atoms with Crippen LogP contribution < -0.4 is 5.32 Å². The van der Waals surface area contributed by atoms with E-state index in [9.17, 15) is 13.2 Å². The molecule has 0 aliphatic heterocycles. The first kappa shape index (κ1) is 13.4. The number of thioether (sulfide) groups is 1. The fraction of sp³-hybridized carbons (Fsp3) is 0.667. The molecule has 92 valence electrons. The fourth-order valence-electron chi connectivity index (χ4n) is 1.20. The van der Waals surface area contributed by atoms with Crippen molar-refractivity contribution < 1.29 is 13.2 Å². The summed E-state index contributed by atoms with van der Waals surface area (Å²) in [5.41, 5.74) is -4.12. The summed E-state index contributed by atoms with van der Waals surface area (Å²) in [5, 5.41) is 2.95. The van der Waals surface area contributed by atoms with Gasteiger partial charge in [0.25, 0.3) is 0 Å². The summed E-state index contributed by atoms with van der Waals surface area (Å²) in [5.74, 6) is 0.973. The highest BCUT2D eigenvalue weighted by Gasteiger charge is 2.27. The van der Waals surface area contributed by atoms with Gasteiger partial charge in [0.1, 0.15) is 5.82 Å². The van der Waals surface area contributed by atoms with Crippen molar-refractivity contribution >= 4 is 11.8 Å². The van der Waals surface area contributed by atoms with Crippen LogP contribution in [0.2, 0.25) is 0 Å². The predicted octanol–water partition coefficient (Wildman–Crippen LogP) is 1.81. The number of rotatable bonds is 6. The molecule has 0 spiro atoms. The fourth-order valence-corrected chi connectivity index (χ4v) is 1.68. The number of imidazole rings is 1. The van der Waals surface area contributed by atoms with Crippen LogP contribution in [-0.2, 0) is 13.5 Å². The van der Waals surface area contributed by atoms with E-state index in [0.717, 1.165) is 12.2 Å². The zero-order chi connectivity index (χ0) is 12.0. The Morgan fingerprint density at radius 3 is 2.75 bits per heavy atom. The number of nitrogens with zero attached hydrogens (tertiary/aromatic N) is 2. The lowest BCUT2D eigenvalue weighted by atomic mass is 10.4. The van der Waals surface area contributed by atoms with Crippen LogP contribution in [0.25, 0.3) is 0 Å². The monoisotopic (exact) mass is 253 g/mol. The zero-order valence-corrected chi connectivity index (χ0v) is 9.74. The summed E-state index contributed by atoms with van der Waals surface area (Å²) < 4.78 is 37.2. The lowest BCUT2D eigenvalue weighted by molar-refractivity contribution is -0.0327. The van der Waals surface area contributed by atoms with Crippen molar-refractivity contribution in [2.24, 2.45) is 7.05 Å². The molecular weight excluding hydrogens is 239 g/mol. The van der Waals surface area contributed by atoms with E-state index in [4.69, 9.17) is 0 Å². The third kappa shape index (κ3) is 5.41. The molecule has 1 heterocycles. The van der Waals surface area contributed by atoms with E-state index >= 15 is 0 Å². The van der Waals surface area contributed by atoms with Crippen molar-refractivity contribution in [3.8, 4) is 0 Å². The van der Waals surface area contributed by atoms with Gasteiger partial charge in [-0.25, -0.2) is 4.98 Å². The van der Waals surface area contributed by atoms with Gasteiger partial charge in [-0.1, -0.05) is 0 Å². The van der Waals surface area contributed by atoms with Crippen LogP contribution in [0.15, 0.2) is 12.4 Å². The smallest absolute Gasteiger partial charge is 0.338 e. The van der Waals surface area contributed by atoms with Gasteiger partial charge in [0.05, 0.1) is 0 Å². The van der Waals surface area contributed by atoms with E-state index in [0.29, 0.717) is 13.1 Å². The van der Waals surface area contributed by atoms with Gasteiger partial charge in [-0.3, -0.25) is 0 Å². The molecule has 16 heavy (non-hydrogen) atoms. The minimum atomic E-state index is -4.12. The second-order valence-electron chi connectivity index (χ2n) is 3.25. The van der Waals surface area contributed by atoms with Crippen molar-refractivity contribution in [3.63, 3.8) is 0 Å². The number of hydrogen-bond acceptors (Lipinski definition) is 3. The topological polar surface area (TPSA) is 29.9 Å². The van der Waals surface area contributed by atoms with Crippen LogP contribution in [0.3, 0.4) is 0 Å². The minimum Gasteiger partial charge on any atom is -0.338 e. The van der Waals surface area contributed by atoms with Crippen LogP contribution in [0, 0.1) is 0 Å². The van der Waals surface area contributed by atoms with E-state index in [1.54, 1.807) is 6.20 Å². The number of hydrogen-bond donors (Lipinski definition) is 1. The Balaban J connectivity index is 2.03. The first-order valence-electron chi connectivity index (χ1n) is 4.86. The quantitative estimate of drug-likeness (QED) is 0.784. The number of aryl methyl sites for hydroxylation is 1. The highest BCUT2D eigenvalue weighted by molar-refractivity contribution is 8.00. The van der Waals surface area contributed by atoms with Crippen molar-refractivity contribution in [1.29, 1.82) is 0 Å². The van der Waals surface area contributed by atoms with Crippen LogP contribution in [-0.4, -0.2) is 33.9 Å². The maximum absolute atomic E-state index is 11.8. The molecule has 1 aromatic rings. The minimum absolute atomic E-state index is 0.00130. The van der Waals surface area contributed by atoms with Crippen molar-refractivity contribution in [3.05, 3.63) is 18.2 Å². The Kier molecular flexibility index (Phi) is 5.14. The lowest BCUT2D eigenvalue weighted by Gasteiger charge is -2.06. The standard InChI is InChI=1S/C9H14F3N3S/c1-15-6-4-14-8(15)2-3-13-5-7-16-9(10,11)12/h4,6,13H,2-3,5,7H2,1H3. The third-order valence-electron chi connectivity index (χ3n) is 1.99. The number of alkyl halides is 3. The number of nitrogens with one attached hydrogen (secondary N) is 1. The Morgan fingerprint density at radius 2 is 2.19 bits per heavy atom. The van der Waals surface area contributed by atoms with Gasteiger partial charge >= 0.3 is 5.51 Å². The van der Waals surface area contributed by atoms with Gasteiger partial charge in [0, 0.05) is 44.7 Å². The maximum Gasteiger partial charge on any atom is 0.441 e. The van der Waals surface area contributed by atoms with Crippen molar-refractivity contribution in [1.82, 2.24) is 14.9 Å². The molecule has 0 atom stereocenters. The summed E-state index contributed by atoms with van der Waals surface area (Å²) in [6.07, 6.45) is 4.27. The molecule has 1 N–H and O–H groups in total. The molecule has 0 unspecified atom stereocenters.